The molecule has 0 spiro atoms. The van der Waals surface area contributed by atoms with Gasteiger partial charge in [0.1, 0.15) is 11.5 Å². The third-order valence-corrected chi connectivity index (χ3v) is 6.86. The zero-order chi connectivity index (χ0) is 23.1. The maximum absolute atomic E-state index is 13.3. The second kappa shape index (κ2) is 13.4. The first kappa shape index (κ1) is 28.8. The first-order valence-electron chi connectivity index (χ1n) is 11.4. The van der Waals surface area contributed by atoms with Gasteiger partial charge in [-0.05, 0) is 95.3 Å². The van der Waals surface area contributed by atoms with Gasteiger partial charge in [-0.3, -0.25) is 4.79 Å². The van der Waals surface area contributed by atoms with Crippen LogP contribution >= 0.6 is 8.58 Å². The Kier molecular flexibility index (Phi) is 12.1. The summed E-state index contributed by atoms with van der Waals surface area (Å²) in [5.74, 6) is 2.75. The van der Waals surface area contributed by atoms with Crippen LogP contribution in [0.5, 0.6) is 11.5 Å². The summed E-state index contributed by atoms with van der Waals surface area (Å²) < 4.78 is 12.1. The predicted molar refractivity (Wildman–Crippen MR) is 141 cm³/mol. The molecular weight excluding hydrogens is 410 g/mol. The molecule has 0 fully saturated rings. The van der Waals surface area contributed by atoms with Gasteiger partial charge in [0.25, 0.3) is 0 Å². The van der Waals surface area contributed by atoms with Gasteiger partial charge in [0, 0.05) is 16.9 Å². The van der Waals surface area contributed by atoms with Crippen molar-refractivity contribution >= 4 is 38.3 Å². The molecule has 0 aliphatic carbocycles. The average Bonchev–Trinajstić information content (AvgIpc) is 2.67. The molecule has 5 heteroatoms. The van der Waals surface area contributed by atoms with Crippen LogP contribution in [0.25, 0.3) is 0 Å². The van der Waals surface area contributed by atoms with Gasteiger partial charge in [0.2, 0.25) is 0 Å². The Morgan fingerprint density at radius 1 is 0.844 bits per heavy atom. The van der Waals surface area contributed by atoms with Crippen LogP contribution in [0.15, 0.2) is 24.3 Å². The zero-order valence-electron chi connectivity index (χ0n) is 20.5. The van der Waals surface area contributed by atoms with Crippen molar-refractivity contribution < 1.29 is 14.3 Å². The number of carbonyl (C=O) groups is 1. The SMILES string of the molecule is Cc1cc(C)c(C(=O)Pc2ccc(OCCC(C)C)cc2OCCC(C)C)c(C)c1C.[LiH]. The van der Waals surface area contributed by atoms with Crippen LogP contribution in [0.1, 0.15) is 73.1 Å². The van der Waals surface area contributed by atoms with Gasteiger partial charge in [-0.1, -0.05) is 33.8 Å². The molecule has 2 aromatic rings. The van der Waals surface area contributed by atoms with E-state index in [4.69, 9.17) is 9.47 Å². The fourth-order valence-electron chi connectivity index (χ4n) is 3.45. The van der Waals surface area contributed by atoms with Gasteiger partial charge < -0.3 is 9.47 Å². The Hall–Kier alpha value is -1.26. The standard InChI is InChI=1S/C27H39O3P.Li.H/c1-17(2)11-13-29-23-9-10-25(24(16-23)30-14-12-18(3)4)31-27(28)26-20(6)15-19(5)21(7)22(26)8;;/h9-10,15-18,31H,11-14H2,1-8H3;;. The molecule has 0 amide bonds. The van der Waals surface area contributed by atoms with Crippen LogP contribution in [-0.4, -0.2) is 37.6 Å². The van der Waals surface area contributed by atoms with Crippen molar-refractivity contribution in [1.29, 1.82) is 0 Å². The number of rotatable bonds is 11. The Bertz CT molecular complexity index is 906. The van der Waals surface area contributed by atoms with E-state index in [1.165, 1.54) is 11.1 Å². The van der Waals surface area contributed by atoms with Gasteiger partial charge in [0.15, 0.2) is 5.52 Å². The van der Waals surface area contributed by atoms with Crippen molar-refractivity contribution in [3.8, 4) is 11.5 Å². The second-order valence-electron chi connectivity index (χ2n) is 9.31. The van der Waals surface area contributed by atoms with Crippen LogP contribution in [0.4, 0.5) is 0 Å². The van der Waals surface area contributed by atoms with E-state index in [1.807, 2.05) is 25.1 Å². The van der Waals surface area contributed by atoms with Crippen LogP contribution in [-0.2, 0) is 0 Å². The first-order valence-corrected chi connectivity index (χ1v) is 12.4. The summed E-state index contributed by atoms with van der Waals surface area (Å²) in [6, 6.07) is 8.03. The summed E-state index contributed by atoms with van der Waals surface area (Å²) in [4.78, 5) is 13.3. The molecule has 0 aliphatic rings. The number of hydrogen-bond donors (Lipinski definition) is 0. The molecule has 0 saturated heterocycles. The summed E-state index contributed by atoms with van der Waals surface area (Å²) in [6.45, 7) is 18.4. The van der Waals surface area contributed by atoms with Gasteiger partial charge in [-0.2, -0.15) is 0 Å². The van der Waals surface area contributed by atoms with Crippen LogP contribution in [0.2, 0.25) is 0 Å². The zero-order valence-corrected chi connectivity index (χ0v) is 21.5. The molecule has 0 aromatic heterocycles. The van der Waals surface area contributed by atoms with Gasteiger partial charge in [-0.15, -0.1) is 0 Å². The molecule has 0 aliphatic heterocycles. The molecule has 2 aromatic carbocycles. The number of ether oxygens (including phenoxy) is 2. The summed E-state index contributed by atoms with van der Waals surface area (Å²) in [6.07, 6.45) is 1.99. The molecule has 0 saturated carbocycles. The minimum absolute atomic E-state index is 0. The Morgan fingerprint density at radius 2 is 1.44 bits per heavy atom. The molecule has 1 unspecified atom stereocenters. The van der Waals surface area contributed by atoms with Crippen LogP contribution < -0.4 is 14.8 Å². The van der Waals surface area contributed by atoms with E-state index in [0.717, 1.165) is 46.3 Å². The van der Waals surface area contributed by atoms with Crippen molar-refractivity contribution in [3.05, 3.63) is 52.1 Å². The van der Waals surface area contributed by atoms with E-state index < -0.39 is 0 Å². The molecule has 32 heavy (non-hydrogen) atoms. The van der Waals surface area contributed by atoms with Crippen molar-refractivity contribution in [2.75, 3.05) is 13.2 Å². The maximum atomic E-state index is 13.3. The number of benzene rings is 2. The van der Waals surface area contributed by atoms with E-state index in [0.29, 0.717) is 25.0 Å². The molecule has 2 rings (SSSR count). The number of aryl methyl sites for hydroxylation is 2. The molecule has 0 radical (unpaired) electrons. The normalized spacial score (nSPS) is 11.3. The average molecular weight is 451 g/mol. The first-order chi connectivity index (χ1) is 14.6. The molecule has 0 N–H and O–H groups in total. The van der Waals surface area contributed by atoms with Gasteiger partial charge in [0.05, 0.1) is 13.2 Å². The second-order valence-corrected chi connectivity index (χ2v) is 10.6. The molecule has 3 nitrogen and oxygen atoms in total. The van der Waals surface area contributed by atoms with Crippen molar-refractivity contribution in [2.45, 2.75) is 68.2 Å². The molecule has 1 atom stereocenters. The van der Waals surface area contributed by atoms with Gasteiger partial charge in [-0.25, -0.2) is 0 Å². The van der Waals surface area contributed by atoms with E-state index in [2.05, 4.69) is 54.5 Å². The van der Waals surface area contributed by atoms with Crippen LogP contribution in [0.3, 0.4) is 0 Å². The minimum atomic E-state index is 0. The molecule has 0 bridgehead atoms. The number of hydrogen-bond acceptors (Lipinski definition) is 3. The van der Waals surface area contributed by atoms with E-state index in [-0.39, 0.29) is 33.0 Å². The molecular formula is C27H40LiO3P. The van der Waals surface area contributed by atoms with Crippen molar-refractivity contribution in [3.63, 3.8) is 0 Å². The summed E-state index contributed by atoms with van der Waals surface area (Å²) in [5.41, 5.74) is 5.59. The summed E-state index contributed by atoms with van der Waals surface area (Å²) in [7, 11) is 0.0215. The molecule has 172 valence electrons. The topological polar surface area (TPSA) is 35.5 Å². The Balaban J connectivity index is 0.00000512. The Labute approximate surface area is 209 Å². The Morgan fingerprint density at radius 3 is 2.03 bits per heavy atom. The fourth-order valence-corrected chi connectivity index (χ4v) is 4.64. The van der Waals surface area contributed by atoms with E-state index >= 15 is 0 Å². The predicted octanol–water partition coefficient (Wildman–Crippen LogP) is 6.27. The van der Waals surface area contributed by atoms with Crippen molar-refractivity contribution in [2.24, 2.45) is 11.8 Å². The van der Waals surface area contributed by atoms with Gasteiger partial charge >= 0.3 is 18.9 Å². The monoisotopic (exact) mass is 450 g/mol. The van der Waals surface area contributed by atoms with E-state index in [1.54, 1.807) is 0 Å². The third-order valence-electron chi connectivity index (χ3n) is 5.70. The number of carbonyl (C=O) groups excluding carboxylic acids is 1. The summed E-state index contributed by atoms with van der Waals surface area (Å²) >= 11 is 0. The third kappa shape index (κ3) is 8.26. The van der Waals surface area contributed by atoms with Crippen molar-refractivity contribution in [1.82, 2.24) is 0 Å². The summed E-state index contributed by atoms with van der Waals surface area (Å²) in [5, 5.41) is 0.946. The fraction of sp³-hybridized carbons (Fsp3) is 0.519. The van der Waals surface area contributed by atoms with Crippen LogP contribution in [0, 0.1) is 39.5 Å². The molecule has 0 heterocycles. The van der Waals surface area contributed by atoms with E-state index in [9.17, 15) is 4.79 Å². The quantitative estimate of drug-likeness (QED) is 0.299.